The predicted molar refractivity (Wildman–Crippen MR) is 103 cm³/mol. The first kappa shape index (κ1) is 24.0. The number of imidazole rings is 1. The van der Waals surface area contributed by atoms with Crippen molar-refractivity contribution in [2.75, 3.05) is 13.1 Å². The number of unbranched alkanes of at least 4 members (excludes halogenated alkanes) is 1. The molecule has 0 aliphatic heterocycles. The number of aliphatic carboxylic acids is 1. The molecule has 29 heavy (non-hydrogen) atoms. The van der Waals surface area contributed by atoms with Crippen molar-refractivity contribution >= 4 is 23.7 Å². The van der Waals surface area contributed by atoms with Crippen LogP contribution in [0.4, 0.5) is 0 Å². The molecular weight excluding hydrogens is 382 g/mol. The third kappa shape index (κ3) is 9.17. The smallest absolute Gasteiger partial charge is 0.326 e. The Hall–Kier alpha value is -2.99. The summed E-state index contributed by atoms with van der Waals surface area (Å²) in [6, 6.07) is -2.93. The van der Waals surface area contributed by atoms with E-state index in [2.05, 4.69) is 25.9 Å². The van der Waals surface area contributed by atoms with E-state index in [1.807, 2.05) is 0 Å². The molecular formula is C17H29N7O5. The van der Waals surface area contributed by atoms with Gasteiger partial charge in [0.2, 0.25) is 17.7 Å². The maximum atomic E-state index is 12.2. The lowest BCUT2D eigenvalue weighted by atomic mass is 10.1. The highest BCUT2D eigenvalue weighted by molar-refractivity contribution is 5.92. The third-order valence-corrected chi connectivity index (χ3v) is 4.09. The molecule has 0 aliphatic rings. The van der Waals surface area contributed by atoms with Crippen molar-refractivity contribution in [1.82, 2.24) is 25.9 Å². The number of aromatic amines is 1. The van der Waals surface area contributed by atoms with Gasteiger partial charge in [0.15, 0.2) is 0 Å². The lowest BCUT2D eigenvalue weighted by Gasteiger charge is -2.19. The van der Waals surface area contributed by atoms with Gasteiger partial charge in [-0.1, -0.05) is 6.42 Å². The summed E-state index contributed by atoms with van der Waals surface area (Å²) in [7, 11) is 0. The number of rotatable bonds is 13. The number of hydrogen-bond donors (Lipinski definition) is 7. The van der Waals surface area contributed by atoms with Gasteiger partial charge in [0.25, 0.3) is 0 Å². The molecule has 0 fully saturated rings. The Morgan fingerprint density at radius 2 is 1.93 bits per heavy atom. The Morgan fingerprint density at radius 3 is 2.52 bits per heavy atom. The van der Waals surface area contributed by atoms with Gasteiger partial charge in [0.05, 0.1) is 18.9 Å². The maximum absolute atomic E-state index is 12.2. The van der Waals surface area contributed by atoms with Crippen LogP contribution in [0.25, 0.3) is 0 Å². The van der Waals surface area contributed by atoms with Crippen LogP contribution in [0.15, 0.2) is 12.5 Å². The van der Waals surface area contributed by atoms with Crippen LogP contribution in [0.3, 0.4) is 0 Å². The van der Waals surface area contributed by atoms with Crippen LogP contribution in [-0.2, 0) is 25.6 Å². The highest BCUT2D eigenvalue weighted by Gasteiger charge is 2.25. The minimum Gasteiger partial charge on any atom is -0.480 e. The fourth-order valence-electron chi connectivity index (χ4n) is 2.41. The van der Waals surface area contributed by atoms with E-state index in [4.69, 9.17) is 11.5 Å². The van der Waals surface area contributed by atoms with Gasteiger partial charge in [0.1, 0.15) is 12.1 Å². The first-order valence-corrected chi connectivity index (χ1v) is 9.27. The topological polar surface area (TPSA) is 205 Å². The molecule has 1 aromatic rings. The van der Waals surface area contributed by atoms with E-state index in [0.717, 1.165) is 6.42 Å². The van der Waals surface area contributed by atoms with Crippen LogP contribution in [-0.4, -0.2) is 70.0 Å². The maximum Gasteiger partial charge on any atom is 0.326 e. The van der Waals surface area contributed by atoms with Crippen LogP contribution < -0.4 is 27.4 Å². The highest BCUT2D eigenvalue weighted by atomic mass is 16.4. The fraction of sp³-hybridized carbons (Fsp3) is 0.588. The number of carbonyl (C=O) groups excluding carboxylic acids is 3. The van der Waals surface area contributed by atoms with Crippen molar-refractivity contribution in [2.45, 2.75) is 50.7 Å². The van der Waals surface area contributed by atoms with Gasteiger partial charge in [-0.2, -0.15) is 0 Å². The van der Waals surface area contributed by atoms with E-state index in [0.29, 0.717) is 25.1 Å². The molecule has 162 valence electrons. The number of nitrogens with two attached hydrogens (primary N) is 2. The Balaban J connectivity index is 2.41. The molecule has 0 saturated carbocycles. The first-order valence-electron chi connectivity index (χ1n) is 9.27. The highest BCUT2D eigenvalue weighted by Crippen LogP contribution is 2.00. The zero-order valence-corrected chi connectivity index (χ0v) is 16.3. The van der Waals surface area contributed by atoms with E-state index >= 15 is 0 Å². The lowest BCUT2D eigenvalue weighted by molar-refractivity contribution is -0.142. The second kappa shape index (κ2) is 12.5. The summed E-state index contributed by atoms with van der Waals surface area (Å²) in [6.07, 6.45) is 4.79. The van der Waals surface area contributed by atoms with Gasteiger partial charge in [0, 0.05) is 18.3 Å². The molecule has 12 heteroatoms. The molecule has 12 nitrogen and oxygen atoms in total. The van der Waals surface area contributed by atoms with Crippen LogP contribution in [0.5, 0.6) is 0 Å². The molecule has 3 amide bonds. The summed E-state index contributed by atoms with van der Waals surface area (Å²) in [6.45, 7) is 1.57. The zero-order chi connectivity index (χ0) is 21.8. The first-order chi connectivity index (χ1) is 13.7. The van der Waals surface area contributed by atoms with Crippen LogP contribution in [0.1, 0.15) is 31.9 Å². The van der Waals surface area contributed by atoms with Crippen molar-refractivity contribution in [1.29, 1.82) is 0 Å². The number of amides is 3. The summed E-state index contributed by atoms with van der Waals surface area (Å²) < 4.78 is 0. The number of aromatic nitrogens is 2. The molecule has 0 aromatic carbocycles. The minimum atomic E-state index is -1.22. The predicted octanol–water partition coefficient (Wildman–Crippen LogP) is -2.40. The molecule has 0 aliphatic carbocycles. The monoisotopic (exact) mass is 411 g/mol. The number of carboxylic acid groups (broad SMARTS) is 1. The molecule has 0 spiro atoms. The quantitative estimate of drug-likeness (QED) is 0.174. The second-order valence-corrected chi connectivity index (χ2v) is 6.58. The van der Waals surface area contributed by atoms with Crippen molar-refractivity contribution in [3.8, 4) is 0 Å². The van der Waals surface area contributed by atoms with Gasteiger partial charge >= 0.3 is 5.97 Å². The summed E-state index contributed by atoms with van der Waals surface area (Å²) in [5, 5.41) is 16.4. The summed E-state index contributed by atoms with van der Waals surface area (Å²) in [4.78, 5) is 53.8. The molecule has 3 unspecified atom stereocenters. The second-order valence-electron chi connectivity index (χ2n) is 6.58. The van der Waals surface area contributed by atoms with Gasteiger partial charge in [-0.3, -0.25) is 14.4 Å². The van der Waals surface area contributed by atoms with Gasteiger partial charge < -0.3 is 37.5 Å². The number of nitrogens with zero attached hydrogens (tertiary/aromatic N) is 1. The van der Waals surface area contributed by atoms with E-state index in [-0.39, 0.29) is 13.0 Å². The summed E-state index contributed by atoms with van der Waals surface area (Å²) in [5.74, 6) is -2.96. The third-order valence-electron chi connectivity index (χ3n) is 4.09. The number of H-pyrrole nitrogens is 1. The summed E-state index contributed by atoms with van der Waals surface area (Å²) in [5.41, 5.74) is 11.6. The Kier molecular flexibility index (Phi) is 10.3. The molecule has 0 radical (unpaired) electrons. The Morgan fingerprint density at radius 1 is 1.21 bits per heavy atom. The zero-order valence-electron chi connectivity index (χ0n) is 16.3. The number of carbonyl (C=O) groups is 4. The van der Waals surface area contributed by atoms with Crippen LogP contribution in [0, 0.1) is 0 Å². The van der Waals surface area contributed by atoms with Crippen molar-refractivity contribution in [3.63, 3.8) is 0 Å². The van der Waals surface area contributed by atoms with E-state index in [9.17, 15) is 24.3 Å². The molecule has 9 N–H and O–H groups in total. The van der Waals surface area contributed by atoms with Crippen LogP contribution in [0.2, 0.25) is 0 Å². The van der Waals surface area contributed by atoms with Crippen molar-refractivity contribution < 1.29 is 24.3 Å². The largest absolute Gasteiger partial charge is 0.480 e. The molecule has 0 saturated heterocycles. The lowest BCUT2D eigenvalue weighted by Crippen LogP contribution is -2.53. The molecule has 1 rings (SSSR count). The SMILES string of the molecule is CC(NC(=O)CNC(=O)C(N)CCCCN)C(=O)NC(Cc1cnc[nH]1)C(=O)O. The van der Waals surface area contributed by atoms with Crippen molar-refractivity contribution in [3.05, 3.63) is 18.2 Å². The van der Waals surface area contributed by atoms with Crippen molar-refractivity contribution in [2.24, 2.45) is 11.5 Å². The van der Waals surface area contributed by atoms with E-state index < -0.39 is 41.8 Å². The Bertz CT molecular complexity index is 680. The van der Waals surface area contributed by atoms with Gasteiger partial charge in [-0.25, -0.2) is 9.78 Å². The van der Waals surface area contributed by atoms with Crippen LogP contribution >= 0.6 is 0 Å². The van der Waals surface area contributed by atoms with Gasteiger partial charge in [-0.15, -0.1) is 0 Å². The summed E-state index contributed by atoms with van der Waals surface area (Å²) >= 11 is 0. The fourth-order valence-corrected chi connectivity index (χ4v) is 2.41. The molecule has 0 bridgehead atoms. The molecule has 3 atom stereocenters. The Labute approximate surface area is 168 Å². The standard InChI is InChI=1S/C17H29N7O5/c1-10(15(26)24-13(17(28)29)6-11-7-20-9-22-11)23-14(25)8-21-16(27)12(19)4-2-3-5-18/h7,9-10,12-13H,2-6,8,18-19H2,1H3,(H,20,22)(H,21,27)(H,23,25)(H,24,26)(H,28,29). The van der Waals surface area contributed by atoms with Gasteiger partial charge in [-0.05, 0) is 26.3 Å². The molecule has 1 aromatic heterocycles. The normalized spacial score (nSPS) is 13.8. The average molecular weight is 411 g/mol. The van der Waals surface area contributed by atoms with E-state index in [1.54, 1.807) is 0 Å². The van der Waals surface area contributed by atoms with E-state index in [1.165, 1.54) is 19.4 Å². The average Bonchev–Trinajstić information content (AvgIpc) is 3.18. The number of nitrogens with one attached hydrogen (secondary N) is 4. The number of carboxylic acids is 1. The number of hydrogen-bond acceptors (Lipinski definition) is 7. The molecule has 1 heterocycles. The minimum absolute atomic E-state index is 0.0137.